The Morgan fingerprint density at radius 3 is 2.40 bits per heavy atom. The Kier molecular flexibility index (Phi) is 2.16. The van der Waals surface area contributed by atoms with Gasteiger partial charge in [0.05, 0.1) is 0 Å². The number of halogens is 1. The second kappa shape index (κ2) is 3.05. The summed E-state index contributed by atoms with van der Waals surface area (Å²) in [6.07, 6.45) is 2.14. The summed E-state index contributed by atoms with van der Waals surface area (Å²) in [4.78, 5) is 0. The van der Waals surface area contributed by atoms with E-state index in [0.717, 1.165) is 24.0 Å². The molecule has 1 aliphatic carbocycles. The quantitative estimate of drug-likeness (QED) is 0.792. The van der Waals surface area contributed by atoms with Crippen LogP contribution < -0.4 is 5.73 Å². The van der Waals surface area contributed by atoms with Crippen molar-refractivity contribution < 1.29 is 4.39 Å². The summed E-state index contributed by atoms with van der Waals surface area (Å²) in [5.41, 5.74) is 7.78. The maximum Gasteiger partial charge on any atom is 0.126 e. The van der Waals surface area contributed by atoms with Gasteiger partial charge in [-0.3, -0.25) is 0 Å². The van der Waals surface area contributed by atoms with Crippen LogP contribution in [-0.2, 0) is 5.41 Å². The Morgan fingerprint density at radius 1 is 1.33 bits per heavy atom. The lowest BCUT2D eigenvalue weighted by atomic mass is 9.77. The van der Waals surface area contributed by atoms with Crippen molar-refractivity contribution in [2.45, 2.75) is 44.6 Å². The van der Waals surface area contributed by atoms with E-state index in [1.165, 1.54) is 6.07 Å². The van der Waals surface area contributed by atoms with Crippen LogP contribution in [0.3, 0.4) is 0 Å². The molecule has 15 heavy (non-hydrogen) atoms. The first-order chi connectivity index (χ1) is 6.88. The zero-order valence-corrected chi connectivity index (χ0v) is 9.60. The molecule has 0 amide bonds. The Hall–Kier alpha value is -0.890. The molecular weight excluding hydrogens is 189 g/mol. The first kappa shape index (κ1) is 10.6. The number of nitrogens with two attached hydrogens (primary N) is 1. The molecule has 2 rings (SSSR count). The number of rotatable bonds is 2. The second-order valence-electron chi connectivity index (χ2n) is 5.22. The predicted octanol–water partition coefficient (Wildman–Crippen LogP) is 2.90. The van der Waals surface area contributed by atoms with Crippen molar-refractivity contribution in [3.05, 3.63) is 35.1 Å². The molecule has 0 aliphatic heterocycles. The summed E-state index contributed by atoms with van der Waals surface area (Å²) in [7, 11) is 0. The molecule has 1 saturated carbocycles. The molecule has 1 aliphatic rings. The van der Waals surface area contributed by atoms with E-state index in [4.69, 9.17) is 5.73 Å². The van der Waals surface area contributed by atoms with Crippen LogP contribution in [0.1, 0.15) is 37.8 Å². The SMILES string of the molecule is Cc1c(F)cccc1C1(C(C)(C)N)CC1. The third-order valence-corrected chi connectivity index (χ3v) is 3.77. The Morgan fingerprint density at radius 2 is 1.93 bits per heavy atom. The second-order valence-corrected chi connectivity index (χ2v) is 5.22. The third-order valence-electron chi connectivity index (χ3n) is 3.77. The summed E-state index contributed by atoms with van der Waals surface area (Å²) >= 11 is 0. The largest absolute Gasteiger partial charge is 0.325 e. The molecule has 82 valence electrons. The molecule has 1 aromatic rings. The fourth-order valence-electron chi connectivity index (χ4n) is 2.51. The lowest BCUT2D eigenvalue weighted by Crippen LogP contribution is -2.45. The first-order valence-corrected chi connectivity index (χ1v) is 5.43. The molecule has 0 spiro atoms. The zero-order chi connectivity index (χ0) is 11.3. The topological polar surface area (TPSA) is 26.0 Å². The third kappa shape index (κ3) is 1.48. The van der Waals surface area contributed by atoms with E-state index in [-0.39, 0.29) is 16.8 Å². The summed E-state index contributed by atoms with van der Waals surface area (Å²) in [5, 5.41) is 0. The van der Waals surface area contributed by atoms with Gasteiger partial charge >= 0.3 is 0 Å². The van der Waals surface area contributed by atoms with Crippen molar-refractivity contribution in [1.29, 1.82) is 0 Å². The van der Waals surface area contributed by atoms with E-state index in [0.29, 0.717) is 0 Å². The van der Waals surface area contributed by atoms with E-state index >= 15 is 0 Å². The van der Waals surface area contributed by atoms with E-state index in [1.54, 1.807) is 6.07 Å². The lowest BCUT2D eigenvalue weighted by Gasteiger charge is -2.32. The van der Waals surface area contributed by atoms with Crippen molar-refractivity contribution in [3.63, 3.8) is 0 Å². The van der Waals surface area contributed by atoms with Crippen molar-refractivity contribution in [1.82, 2.24) is 0 Å². The van der Waals surface area contributed by atoms with Gasteiger partial charge in [0.2, 0.25) is 0 Å². The minimum atomic E-state index is -0.272. The standard InChI is InChI=1S/C13H18FN/c1-9-10(5-4-6-11(9)14)13(7-8-13)12(2,3)15/h4-6H,7-8,15H2,1-3H3. The summed E-state index contributed by atoms with van der Waals surface area (Å²) < 4.78 is 13.5. The van der Waals surface area contributed by atoms with Gasteiger partial charge in [0.1, 0.15) is 5.82 Å². The van der Waals surface area contributed by atoms with E-state index < -0.39 is 0 Å². The molecule has 0 bridgehead atoms. The highest BCUT2D eigenvalue weighted by Gasteiger charge is 2.54. The maximum atomic E-state index is 13.5. The van der Waals surface area contributed by atoms with Gasteiger partial charge in [-0.1, -0.05) is 12.1 Å². The van der Waals surface area contributed by atoms with Crippen LogP contribution in [0, 0.1) is 12.7 Å². The van der Waals surface area contributed by atoms with Crippen molar-refractivity contribution in [2.75, 3.05) is 0 Å². The minimum absolute atomic E-state index is 0.000810. The Balaban J connectivity index is 2.51. The lowest BCUT2D eigenvalue weighted by molar-refractivity contribution is 0.388. The number of hydrogen-bond acceptors (Lipinski definition) is 1. The fraction of sp³-hybridized carbons (Fsp3) is 0.538. The van der Waals surface area contributed by atoms with Gasteiger partial charge in [0, 0.05) is 11.0 Å². The van der Waals surface area contributed by atoms with Crippen molar-refractivity contribution in [3.8, 4) is 0 Å². The number of benzene rings is 1. The van der Waals surface area contributed by atoms with Crippen LogP contribution >= 0.6 is 0 Å². The van der Waals surface area contributed by atoms with E-state index in [1.807, 2.05) is 26.8 Å². The highest BCUT2D eigenvalue weighted by Crippen LogP contribution is 2.55. The van der Waals surface area contributed by atoms with Gasteiger partial charge < -0.3 is 5.73 Å². The zero-order valence-electron chi connectivity index (χ0n) is 9.60. The van der Waals surface area contributed by atoms with Crippen molar-refractivity contribution in [2.24, 2.45) is 5.73 Å². The van der Waals surface area contributed by atoms with Crippen LogP contribution in [0.2, 0.25) is 0 Å². The van der Waals surface area contributed by atoms with Crippen LogP contribution in [0.5, 0.6) is 0 Å². The van der Waals surface area contributed by atoms with Gasteiger partial charge in [-0.15, -0.1) is 0 Å². The van der Waals surface area contributed by atoms with Gasteiger partial charge in [0.15, 0.2) is 0 Å². The van der Waals surface area contributed by atoms with Gasteiger partial charge in [-0.05, 0) is 50.8 Å². The number of hydrogen-bond donors (Lipinski definition) is 1. The van der Waals surface area contributed by atoms with Crippen LogP contribution in [0.15, 0.2) is 18.2 Å². The average Bonchev–Trinajstić information content (AvgIpc) is 2.89. The molecule has 0 radical (unpaired) electrons. The van der Waals surface area contributed by atoms with Gasteiger partial charge in [-0.2, -0.15) is 0 Å². The molecule has 1 nitrogen and oxygen atoms in total. The smallest absolute Gasteiger partial charge is 0.126 e. The summed E-state index contributed by atoms with van der Waals surface area (Å²) in [6, 6.07) is 5.31. The maximum absolute atomic E-state index is 13.5. The van der Waals surface area contributed by atoms with Crippen LogP contribution in [-0.4, -0.2) is 5.54 Å². The highest BCUT2D eigenvalue weighted by molar-refractivity contribution is 5.42. The van der Waals surface area contributed by atoms with Gasteiger partial charge in [0.25, 0.3) is 0 Å². The highest BCUT2D eigenvalue weighted by atomic mass is 19.1. The fourth-order valence-corrected chi connectivity index (χ4v) is 2.51. The molecule has 2 heteroatoms. The van der Waals surface area contributed by atoms with E-state index in [2.05, 4.69) is 0 Å². The van der Waals surface area contributed by atoms with Crippen LogP contribution in [0.25, 0.3) is 0 Å². The molecule has 0 unspecified atom stereocenters. The minimum Gasteiger partial charge on any atom is -0.325 e. The predicted molar refractivity (Wildman–Crippen MR) is 60.3 cm³/mol. The molecule has 2 N–H and O–H groups in total. The molecule has 0 heterocycles. The molecule has 1 aromatic carbocycles. The first-order valence-electron chi connectivity index (χ1n) is 5.43. The Bertz CT molecular complexity index is 386. The van der Waals surface area contributed by atoms with Crippen molar-refractivity contribution >= 4 is 0 Å². The average molecular weight is 207 g/mol. The summed E-state index contributed by atoms with van der Waals surface area (Å²) in [5.74, 6) is -0.122. The normalized spacial score (nSPS) is 19.0. The monoisotopic (exact) mass is 207 g/mol. The molecule has 0 atom stereocenters. The molecule has 1 fully saturated rings. The Labute approximate surface area is 90.5 Å². The molecule has 0 saturated heterocycles. The molecular formula is C13H18FN. The summed E-state index contributed by atoms with van der Waals surface area (Å²) in [6.45, 7) is 5.91. The van der Waals surface area contributed by atoms with E-state index in [9.17, 15) is 4.39 Å². The van der Waals surface area contributed by atoms with Crippen LogP contribution in [0.4, 0.5) is 4.39 Å². The molecule has 0 aromatic heterocycles. The van der Waals surface area contributed by atoms with Gasteiger partial charge in [-0.25, -0.2) is 4.39 Å².